The molecule has 5 aromatic heterocycles. The average molecular weight is 1430 g/mol. The van der Waals surface area contributed by atoms with E-state index < -0.39 is 6.09 Å². The van der Waals surface area contributed by atoms with E-state index in [4.69, 9.17) is 50.8 Å². The molecule has 11 aromatic rings. The summed E-state index contributed by atoms with van der Waals surface area (Å²) in [4.78, 5) is 71.6. The molecule has 34 heteroatoms. The Labute approximate surface area is 562 Å². The Bertz CT molecular complexity index is 4330. The Hall–Kier alpha value is -10.3. The maximum atomic E-state index is 12.5. The van der Waals surface area contributed by atoms with Crippen molar-refractivity contribution in [1.29, 1.82) is 10.5 Å². The molecule has 2 fully saturated rings. The number of amides is 5. The van der Waals surface area contributed by atoms with Crippen molar-refractivity contribution in [2.75, 3.05) is 52.4 Å². The molecule has 92 heavy (non-hydrogen) atoms. The summed E-state index contributed by atoms with van der Waals surface area (Å²) in [5, 5.41) is 42.1. The number of rotatable bonds is 9. The number of oxime groups is 1. The van der Waals surface area contributed by atoms with E-state index >= 15 is 0 Å². The normalized spacial score (nSPS) is 12.5. The van der Waals surface area contributed by atoms with Crippen molar-refractivity contribution in [1.82, 2.24) is 70.5 Å². The van der Waals surface area contributed by atoms with Crippen molar-refractivity contribution in [3.63, 3.8) is 0 Å². The minimum atomic E-state index is -0.973. The molecule has 0 unspecified atom stereocenters. The SMILES string of the molecule is Brc1ccc2nsnc2c1.N/C(=N\O)c1ccc2nsnc2c1.O=C(NCC(=O)N1CCC(c2nc(-c3ccc4nsnc4c3)no2)CC1)c1ccccc1.O=C(NCC(=O)N1CCN(C(=O)O)CC1)c1ccccc1.[C-]#N.[C-]#N.[C-]#[N+]c1ccc2nsnc2c1.[Zn+2]. The summed E-state index contributed by atoms with van der Waals surface area (Å²) in [6.45, 7) is 18.6. The Balaban J connectivity index is 0.000000193. The summed E-state index contributed by atoms with van der Waals surface area (Å²) in [6, 6.07) is 39.6. The van der Waals surface area contributed by atoms with Gasteiger partial charge in [-0.2, -0.15) is 40.0 Å². The van der Waals surface area contributed by atoms with Crippen molar-refractivity contribution in [2.45, 2.75) is 18.8 Å². The van der Waals surface area contributed by atoms with Gasteiger partial charge < -0.3 is 69.6 Å². The second kappa shape index (κ2) is 36.4. The van der Waals surface area contributed by atoms with Crippen molar-refractivity contribution >= 4 is 148 Å². The number of piperidine rings is 1. The van der Waals surface area contributed by atoms with E-state index in [1.54, 1.807) is 88.7 Å². The van der Waals surface area contributed by atoms with Gasteiger partial charge in [0.1, 0.15) is 38.6 Å². The van der Waals surface area contributed by atoms with Gasteiger partial charge in [-0.25, -0.2) is 9.64 Å². The van der Waals surface area contributed by atoms with Crippen molar-refractivity contribution in [3.8, 4) is 11.4 Å². The Morgan fingerprint density at radius 2 is 1.02 bits per heavy atom. The molecule has 6 aromatic carbocycles. The molecule has 6 N–H and O–H groups in total. The van der Waals surface area contributed by atoms with Crippen LogP contribution in [0, 0.1) is 30.2 Å². The van der Waals surface area contributed by atoms with E-state index in [0.29, 0.717) is 73.4 Å². The Morgan fingerprint density at radius 1 is 0.587 bits per heavy atom. The van der Waals surface area contributed by atoms with Gasteiger partial charge in [0.2, 0.25) is 23.5 Å². The fourth-order valence-electron chi connectivity index (χ4n) is 8.48. The summed E-state index contributed by atoms with van der Waals surface area (Å²) in [6.07, 6.45) is 0.490. The van der Waals surface area contributed by atoms with E-state index in [2.05, 4.69) is 81.7 Å². The summed E-state index contributed by atoms with van der Waals surface area (Å²) >= 11 is 8.07. The average Bonchev–Trinajstić information content (AvgIpc) is 1.76. The Kier molecular flexibility index (Phi) is 28.0. The van der Waals surface area contributed by atoms with Crippen LogP contribution < -0.4 is 16.4 Å². The molecule has 2 aliphatic rings. The van der Waals surface area contributed by atoms with Crippen LogP contribution in [0.25, 0.3) is 60.4 Å². The molecule has 462 valence electrons. The maximum Gasteiger partial charge on any atom is 2.00 e. The number of nitrogens with two attached hydrogens (primary N) is 1. The van der Waals surface area contributed by atoms with Crippen LogP contribution in [0.2, 0.25) is 0 Å². The molecule has 0 radical (unpaired) electrons. The van der Waals surface area contributed by atoms with E-state index in [9.17, 15) is 24.0 Å². The number of halogens is 1. The number of carbonyl (C=O) groups is 5. The van der Waals surface area contributed by atoms with Gasteiger partial charge in [0.15, 0.2) is 11.5 Å². The molecule has 2 saturated heterocycles. The third-order valence-electron chi connectivity index (χ3n) is 13.2. The topological polar surface area (TPSA) is 392 Å². The van der Waals surface area contributed by atoms with Crippen molar-refractivity contribution in [2.24, 2.45) is 10.9 Å². The predicted molar refractivity (Wildman–Crippen MR) is 342 cm³/mol. The van der Waals surface area contributed by atoms with Crippen molar-refractivity contribution in [3.05, 3.63) is 185 Å². The van der Waals surface area contributed by atoms with Crippen LogP contribution in [0.1, 0.15) is 50.9 Å². The molecule has 7 heterocycles. The molecule has 0 spiro atoms. The van der Waals surface area contributed by atoms with Gasteiger partial charge in [-0.05, 0) is 104 Å². The first-order valence-corrected chi connectivity index (χ1v) is 30.4. The zero-order chi connectivity index (χ0) is 65.1. The third kappa shape index (κ3) is 20.1. The van der Waals surface area contributed by atoms with Gasteiger partial charge >= 0.3 is 25.6 Å². The van der Waals surface area contributed by atoms with Gasteiger partial charge in [0.25, 0.3) is 11.8 Å². The van der Waals surface area contributed by atoms with Gasteiger partial charge in [-0.15, -0.1) is 0 Å². The second-order valence-corrected chi connectivity index (χ2v) is 21.8. The summed E-state index contributed by atoms with van der Waals surface area (Å²) in [5.74, 6) is 0.442. The minimum absolute atomic E-state index is 0. The number of carbonyl (C=O) groups excluding carboxylic acids is 4. The number of hydrogen-bond acceptors (Lipinski definition) is 24. The predicted octanol–water partition coefficient (Wildman–Crippen LogP) is 8.79. The number of nitrogens with one attached hydrogen (secondary N) is 2. The number of fused-ring (bicyclic) bond motifs is 4. The molecule has 0 atom stereocenters. The monoisotopic (exact) mass is 1420 g/mol. The maximum absolute atomic E-state index is 12.5. The summed E-state index contributed by atoms with van der Waals surface area (Å²) < 4.78 is 39.3. The minimum Gasteiger partial charge on any atom is -0.512 e. The van der Waals surface area contributed by atoms with E-state index in [1.807, 2.05) is 54.6 Å². The third-order valence-corrected chi connectivity index (χ3v) is 15.9. The van der Waals surface area contributed by atoms with E-state index in [1.165, 1.54) is 40.1 Å². The molecule has 5 amide bonds. The van der Waals surface area contributed by atoms with E-state index in [0.717, 1.165) is 78.7 Å². The van der Waals surface area contributed by atoms with Crippen LogP contribution in [0.5, 0.6) is 0 Å². The molecule has 13 rings (SSSR count). The molecule has 0 aliphatic carbocycles. The fraction of sp³-hybridized carbons (Fsp3) is 0.190. The van der Waals surface area contributed by atoms with Crippen LogP contribution >= 0.6 is 62.8 Å². The first-order valence-electron chi connectivity index (χ1n) is 26.7. The number of nitrogens with zero attached hydrogens (tertiary/aromatic N) is 17. The molecule has 2 aliphatic heterocycles. The zero-order valence-corrected chi connectivity index (χ0v) is 55.9. The van der Waals surface area contributed by atoms with Gasteiger partial charge in [-0.1, -0.05) is 68.7 Å². The van der Waals surface area contributed by atoms with Crippen LogP contribution in [0.3, 0.4) is 0 Å². The van der Waals surface area contributed by atoms with E-state index in [-0.39, 0.29) is 67.9 Å². The largest absolute Gasteiger partial charge is 2.00 e. The first-order chi connectivity index (χ1) is 44.3. The number of benzene rings is 6. The molecule has 0 saturated carbocycles. The molecular weight excluding hydrogens is 1380 g/mol. The standard InChI is InChI=1S/C22H20N6O3S.C14H17N3O4.C7H6N4OS.C7H3N3S.C6H3BrN2S.2CN.Zn/c29-19(13-23-21(30)14-4-2-1-3-5-14)28-10-8-15(9-11-28)22-24-20(25-31-22)16-6-7-17-18(12-16)27-32-26-17;18-12(16-6-8-17(9-7-16)14(20)21)10-15-13(19)11-4-2-1-3-5-11;8-7(9-12)4-1-2-5-6(3-4)11-13-10-5;1-8-5-2-3-6-7(4-5)10-11-9-6;7-4-1-2-5-6(3-4)9-10-8-5;2*1-2;/h1-7,12,15H,8-11,13H2,(H,23,30);1-5H,6-10H2,(H,15,19)(H,20,21);1-3,12H,(H2,8,9);2-4H;1-3H;;;/q;;;;;2*-1;+2. The van der Waals surface area contributed by atoms with Crippen LogP contribution in [-0.4, -0.2) is 158 Å². The van der Waals surface area contributed by atoms with Crippen LogP contribution in [0.4, 0.5) is 10.5 Å². The summed E-state index contributed by atoms with van der Waals surface area (Å²) in [5.41, 5.74) is 15.4. The molecular formula is C58H49BrN20O8S4Zn. The molecule has 0 bridgehead atoms. The number of likely N-dealkylation sites (tertiary alicyclic amines) is 1. The quantitative estimate of drug-likeness (QED) is 0.0225. The first kappa shape index (κ1) is 70.8. The van der Waals surface area contributed by atoms with Crippen LogP contribution in [-0.2, 0) is 29.1 Å². The Morgan fingerprint density at radius 3 is 1.52 bits per heavy atom. The number of amidine groups is 1. The van der Waals surface area contributed by atoms with Gasteiger partial charge in [0.05, 0.1) is 72.1 Å². The number of aromatic nitrogens is 10. The van der Waals surface area contributed by atoms with Gasteiger partial charge in [0, 0.05) is 71.9 Å². The van der Waals surface area contributed by atoms with Crippen LogP contribution in [0.15, 0.2) is 148 Å². The number of carboxylic acid groups (broad SMARTS) is 1. The number of hydrogen-bond donors (Lipinski definition) is 5. The molecule has 28 nitrogen and oxygen atoms in total. The van der Waals surface area contributed by atoms with Gasteiger partial charge in [-0.3, -0.25) is 19.2 Å². The fourth-order valence-corrected chi connectivity index (χ4v) is 10.9. The van der Waals surface area contributed by atoms with Crippen molar-refractivity contribution < 1.29 is 58.3 Å². The summed E-state index contributed by atoms with van der Waals surface area (Å²) in [7, 11) is 0. The smallest absolute Gasteiger partial charge is 0.512 e. The number of piperazine rings is 1. The second-order valence-electron chi connectivity index (χ2n) is 18.7. The zero-order valence-electron chi connectivity index (χ0n) is 48.1.